The van der Waals surface area contributed by atoms with Crippen molar-refractivity contribution in [2.24, 2.45) is 5.92 Å². The second kappa shape index (κ2) is 8.84. The van der Waals surface area contributed by atoms with Gasteiger partial charge in [-0.2, -0.15) is 4.31 Å². The fraction of sp³-hybridized carbons (Fsp3) is 0.381. The number of benzene rings is 2. The minimum atomic E-state index is -3.97. The van der Waals surface area contributed by atoms with Crippen molar-refractivity contribution >= 4 is 27.7 Å². The number of sulfonamides is 1. The highest BCUT2D eigenvalue weighted by Crippen LogP contribution is 2.37. The zero-order valence-electron chi connectivity index (χ0n) is 16.5. The van der Waals surface area contributed by atoms with E-state index in [4.69, 9.17) is 0 Å². The molecule has 0 bridgehead atoms. The quantitative estimate of drug-likeness (QED) is 0.737. The Morgan fingerprint density at radius 2 is 1.74 bits per heavy atom. The zero-order valence-corrected chi connectivity index (χ0v) is 18.1. The molecule has 2 aromatic carbocycles. The molecule has 5 nitrogen and oxygen atoms in total. The van der Waals surface area contributed by atoms with E-state index in [2.05, 4.69) is 5.32 Å². The summed E-state index contributed by atoms with van der Waals surface area (Å²) in [6, 6.07) is 6.78. The van der Waals surface area contributed by atoms with Crippen molar-refractivity contribution in [2.75, 3.05) is 18.8 Å². The van der Waals surface area contributed by atoms with E-state index >= 15 is 0 Å². The molecule has 1 fully saturated rings. The van der Waals surface area contributed by atoms with Gasteiger partial charge in [0.1, 0.15) is 5.82 Å². The van der Waals surface area contributed by atoms with Gasteiger partial charge in [-0.25, -0.2) is 21.6 Å². The molecule has 1 N–H and O–H groups in total. The molecule has 0 radical (unpaired) electrons. The molecule has 0 aromatic heterocycles. The highest BCUT2D eigenvalue weighted by Gasteiger charge is 2.34. The smallest absolute Gasteiger partial charge is 0.243 e. The first-order valence-electron chi connectivity index (χ1n) is 9.93. The number of amides is 1. The molecule has 1 saturated heterocycles. The Bertz CT molecular complexity index is 1100. The molecular formula is C21H21F3N2O3S2. The summed E-state index contributed by atoms with van der Waals surface area (Å²) in [5.74, 6) is -2.43. The van der Waals surface area contributed by atoms with Gasteiger partial charge >= 0.3 is 0 Å². The van der Waals surface area contributed by atoms with Crippen molar-refractivity contribution < 1.29 is 26.4 Å². The molecule has 4 rings (SSSR count). The lowest BCUT2D eigenvalue weighted by molar-refractivity contribution is -0.126. The topological polar surface area (TPSA) is 66.5 Å². The molecule has 2 heterocycles. The van der Waals surface area contributed by atoms with Gasteiger partial charge < -0.3 is 5.32 Å². The molecule has 1 unspecified atom stereocenters. The third-order valence-electron chi connectivity index (χ3n) is 5.68. The van der Waals surface area contributed by atoms with Crippen molar-refractivity contribution in [2.45, 2.75) is 35.1 Å². The van der Waals surface area contributed by atoms with E-state index in [1.807, 2.05) is 0 Å². The van der Waals surface area contributed by atoms with Crippen LogP contribution in [0.5, 0.6) is 0 Å². The van der Waals surface area contributed by atoms with Crippen molar-refractivity contribution in [1.82, 2.24) is 9.62 Å². The Morgan fingerprint density at radius 1 is 1.00 bits per heavy atom. The summed E-state index contributed by atoms with van der Waals surface area (Å²) in [6.07, 6.45) is 1.31. The van der Waals surface area contributed by atoms with Gasteiger partial charge in [-0.15, -0.1) is 11.8 Å². The predicted molar refractivity (Wildman–Crippen MR) is 110 cm³/mol. The van der Waals surface area contributed by atoms with Gasteiger partial charge in [0.2, 0.25) is 15.9 Å². The highest BCUT2D eigenvalue weighted by atomic mass is 32.2. The number of piperidine rings is 1. The molecule has 2 aromatic rings. The van der Waals surface area contributed by atoms with Crippen LogP contribution in [0.4, 0.5) is 13.2 Å². The zero-order chi connectivity index (χ0) is 22.2. The number of carbonyl (C=O) groups excluding carboxylic acids is 1. The van der Waals surface area contributed by atoms with Gasteiger partial charge in [0.25, 0.3) is 0 Å². The Balaban J connectivity index is 1.40. The normalized spacial score (nSPS) is 20.3. The number of hydrogen-bond donors (Lipinski definition) is 1. The van der Waals surface area contributed by atoms with Crippen molar-refractivity contribution in [3.05, 3.63) is 59.4 Å². The lowest BCUT2D eigenvalue weighted by atomic mass is 9.95. The van der Waals surface area contributed by atoms with Crippen LogP contribution in [-0.2, 0) is 14.8 Å². The van der Waals surface area contributed by atoms with Crippen LogP contribution in [0, 0.1) is 23.4 Å². The highest BCUT2D eigenvalue weighted by molar-refractivity contribution is 7.99. The van der Waals surface area contributed by atoms with E-state index in [1.54, 1.807) is 17.8 Å². The first kappa shape index (κ1) is 22.2. The summed E-state index contributed by atoms with van der Waals surface area (Å²) in [6.45, 7) is 0.205. The van der Waals surface area contributed by atoms with E-state index < -0.39 is 21.7 Å². The summed E-state index contributed by atoms with van der Waals surface area (Å²) >= 11 is 1.63. The molecular weight excluding hydrogens is 449 g/mol. The summed E-state index contributed by atoms with van der Waals surface area (Å²) in [5.41, 5.74) is 0.767. The van der Waals surface area contributed by atoms with Crippen LogP contribution in [0.2, 0.25) is 0 Å². The molecule has 166 valence electrons. The van der Waals surface area contributed by atoms with Gasteiger partial charge in [-0.05, 0) is 61.2 Å². The van der Waals surface area contributed by atoms with Crippen LogP contribution in [0.1, 0.15) is 30.9 Å². The van der Waals surface area contributed by atoms with Crippen molar-refractivity contribution in [1.29, 1.82) is 0 Å². The molecule has 2 aliphatic heterocycles. The number of nitrogens with zero attached hydrogens (tertiary/aromatic N) is 1. The van der Waals surface area contributed by atoms with E-state index in [-0.39, 0.29) is 41.7 Å². The maximum absolute atomic E-state index is 13.7. The molecule has 0 saturated carbocycles. The Hall–Kier alpha value is -2.04. The second-order valence-electron chi connectivity index (χ2n) is 7.63. The minimum absolute atomic E-state index is 0.102. The summed E-state index contributed by atoms with van der Waals surface area (Å²) in [5, 5.41) is 2.99. The fourth-order valence-corrected chi connectivity index (χ4v) is 6.54. The number of thioether (sulfide) groups is 1. The third-order valence-corrected chi connectivity index (χ3v) is 8.70. The van der Waals surface area contributed by atoms with Crippen LogP contribution in [0.15, 0.2) is 46.2 Å². The lowest BCUT2D eigenvalue weighted by Crippen LogP contribution is -2.44. The van der Waals surface area contributed by atoms with Crippen LogP contribution < -0.4 is 5.32 Å². The van der Waals surface area contributed by atoms with Crippen molar-refractivity contribution in [3.8, 4) is 0 Å². The maximum atomic E-state index is 13.7. The standard InChI is InChI=1S/C21H21F3N2O3S2/c22-14-1-4-20-16(11-14)19(7-10-30-20)25-21(27)13-5-8-26(9-6-13)31(28,29)15-2-3-17(23)18(24)12-15/h1-4,11-13,19H,5-10H2,(H,25,27). The molecule has 0 spiro atoms. The Labute approximate surface area is 183 Å². The summed E-state index contributed by atoms with van der Waals surface area (Å²) in [7, 11) is -3.97. The lowest BCUT2D eigenvalue weighted by Gasteiger charge is -2.32. The number of carbonyl (C=O) groups is 1. The van der Waals surface area contributed by atoms with Gasteiger partial charge in [0.15, 0.2) is 11.6 Å². The predicted octanol–water partition coefficient (Wildman–Crippen LogP) is 3.86. The van der Waals surface area contributed by atoms with Gasteiger partial charge in [0.05, 0.1) is 10.9 Å². The number of halogens is 3. The first-order chi connectivity index (χ1) is 14.8. The van der Waals surface area contributed by atoms with Crippen LogP contribution in [0.25, 0.3) is 0 Å². The number of rotatable bonds is 4. The van der Waals surface area contributed by atoms with Gasteiger partial charge in [-0.3, -0.25) is 4.79 Å². The first-order valence-corrected chi connectivity index (χ1v) is 12.4. The molecule has 0 aliphatic carbocycles. The molecule has 1 amide bonds. The molecule has 31 heavy (non-hydrogen) atoms. The van der Waals surface area contributed by atoms with E-state index in [0.29, 0.717) is 25.3 Å². The molecule has 1 atom stereocenters. The maximum Gasteiger partial charge on any atom is 0.243 e. The summed E-state index contributed by atoms with van der Waals surface area (Å²) in [4.78, 5) is 13.4. The van der Waals surface area contributed by atoms with E-state index in [0.717, 1.165) is 28.3 Å². The van der Waals surface area contributed by atoms with Crippen molar-refractivity contribution in [3.63, 3.8) is 0 Å². The van der Waals surface area contributed by atoms with Crippen LogP contribution in [0.3, 0.4) is 0 Å². The SMILES string of the molecule is O=C(NC1CCSc2ccc(F)cc21)C1CCN(S(=O)(=O)c2ccc(F)c(F)c2)CC1. The Morgan fingerprint density at radius 3 is 2.45 bits per heavy atom. The van der Waals surface area contributed by atoms with Crippen LogP contribution in [-0.4, -0.2) is 37.5 Å². The molecule has 2 aliphatic rings. The Kier molecular flexibility index (Phi) is 6.32. The number of hydrogen-bond acceptors (Lipinski definition) is 4. The minimum Gasteiger partial charge on any atom is -0.349 e. The monoisotopic (exact) mass is 470 g/mol. The molecule has 10 heteroatoms. The van der Waals surface area contributed by atoms with E-state index in [1.165, 1.54) is 16.4 Å². The summed E-state index contributed by atoms with van der Waals surface area (Å²) < 4.78 is 66.9. The van der Waals surface area contributed by atoms with Crippen LogP contribution >= 0.6 is 11.8 Å². The average molecular weight is 471 g/mol. The van der Waals surface area contributed by atoms with Gasteiger partial charge in [0, 0.05) is 29.7 Å². The third kappa shape index (κ3) is 4.61. The average Bonchev–Trinajstić information content (AvgIpc) is 2.76. The van der Waals surface area contributed by atoms with E-state index in [9.17, 15) is 26.4 Å². The second-order valence-corrected chi connectivity index (χ2v) is 10.7. The fourth-order valence-electron chi connectivity index (χ4n) is 3.95. The largest absolute Gasteiger partial charge is 0.349 e. The van der Waals surface area contributed by atoms with Gasteiger partial charge in [-0.1, -0.05) is 0 Å². The number of nitrogens with one attached hydrogen (secondary N) is 1. The number of fused-ring (bicyclic) bond motifs is 1.